The number of carbonyl (C=O) groups is 1. The van der Waals surface area contributed by atoms with Gasteiger partial charge in [0.05, 0.1) is 0 Å². The molecule has 0 radical (unpaired) electrons. The van der Waals surface area contributed by atoms with Gasteiger partial charge in [-0.3, -0.25) is 9.69 Å². The van der Waals surface area contributed by atoms with E-state index in [4.69, 9.17) is 0 Å². The SMILES string of the molecule is CCNc1cc(C(=O)NCC2CCCN2CC)cc(C)n1. The van der Waals surface area contributed by atoms with Gasteiger partial charge in [-0.1, -0.05) is 6.92 Å². The summed E-state index contributed by atoms with van der Waals surface area (Å²) < 4.78 is 0. The maximum atomic E-state index is 12.3. The lowest BCUT2D eigenvalue weighted by molar-refractivity contribution is 0.0941. The lowest BCUT2D eigenvalue weighted by Gasteiger charge is -2.22. The van der Waals surface area contributed by atoms with E-state index in [0.717, 1.165) is 37.7 Å². The Morgan fingerprint density at radius 2 is 2.24 bits per heavy atom. The first-order valence-electron chi connectivity index (χ1n) is 7.88. The van der Waals surface area contributed by atoms with Crippen molar-refractivity contribution < 1.29 is 4.79 Å². The van der Waals surface area contributed by atoms with Crippen molar-refractivity contribution in [2.45, 2.75) is 39.7 Å². The number of aromatic nitrogens is 1. The van der Waals surface area contributed by atoms with Crippen LogP contribution >= 0.6 is 0 Å². The Labute approximate surface area is 127 Å². The van der Waals surface area contributed by atoms with Crippen LogP contribution in [0.2, 0.25) is 0 Å². The lowest BCUT2D eigenvalue weighted by atomic mass is 10.2. The maximum Gasteiger partial charge on any atom is 0.251 e. The summed E-state index contributed by atoms with van der Waals surface area (Å²) in [5.41, 5.74) is 1.54. The summed E-state index contributed by atoms with van der Waals surface area (Å²) in [7, 11) is 0. The minimum Gasteiger partial charge on any atom is -0.370 e. The zero-order valence-electron chi connectivity index (χ0n) is 13.3. The number of likely N-dealkylation sites (tertiary alicyclic amines) is 1. The molecule has 0 saturated carbocycles. The van der Waals surface area contributed by atoms with Crippen LogP contribution in [0.1, 0.15) is 42.7 Å². The molecule has 0 bridgehead atoms. The Morgan fingerprint density at radius 3 is 2.95 bits per heavy atom. The molecule has 1 atom stereocenters. The first kappa shape index (κ1) is 15.8. The van der Waals surface area contributed by atoms with Gasteiger partial charge in [0, 0.05) is 30.4 Å². The van der Waals surface area contributed by atoms with Crippen molar-refractivity contribution in [3.05, 3.63) is 23.4 Å². The zero-order chi connectivity index (χ0) is 15.2. The fourth-order valence-corrected chi connectivity index (χ4v) is 2.93. The molecule has 1 aromatic heterocycles. The molecule has 1 aliphatic rings. The van der Waals surface area contributed by atoms with Crippen LogP contribution in [-0.4, -0.2) is 48.0 Å². The van der Waals surface area contributed by atoms with Crippen molar-refractivity contribution >= 4 is 11.7 Å². The zero-order valence-corrected chi connectivity index (χ0v) is 13.3. The Bertz CT molecular complexity index is 489. The molecule has 1 fully saturated rings. The van der Waals surface area contributed by atoms with Crippen LogP contribution in [0, 0.1) is 6.92 Å². The van der Waals surface area contributed by atoms with Crippen LogP contribution < -0.4 is 10.6 Å². The van der Waals surface area contributed by atoms with Crippen LogP contribution in [0.25, 0.3) is 0 Å². The van der Waals surface area contributed by atoms with Gasteiger partial charge < -0.3 is 10.6 Å². The topological polar surface area (TPSA) is 57.3 Å². The highest BCUT2D eigenvalue weighted by atomic mass is 16.1. The fraction of sp³-hybridized carbons (Fsp3) is 0.625. The third-order valence-electron chi connectivity index (χ3n) is 3.98. The third-order valence-corrected chi connectivity index (χ3v) is 3.98. The van der Waals surface area contributed by atoms with Crippen LogP contribution in [0.4, 0.5) is 5.82 Å². The highest BCUT2D eigenvalue weighted by molar-refractivity contribution is 5.95. The number of aryl methyl sites for hydroxylation is 1. The Hall–Kier alpha value is -1.62. The molecule has 2 rings (SSSR count). The van der Waals surface area contributed by atoms with Gasteiger partial charge in [-0.2, -0.15) is 0 Å². The number of likely N-dealkylation sites (N-methyl/N-ethyl adjacent to an activating group) is 1. The third kappa shape index (κ3) is 4.17. The number of hydrogen-bond acceptors (Lipinski definition) is 4. The summed E-state index contributed by atoms with van der Waals surface area (Å²) in [4.78, 5) is 19.1. The summed E-state index contributed by atoms with van der Waals surface area (Å²) in [6, 6.07) is 4.13. The van der Waals surface area contributed by atoms with E-state index in [1.807, 2.05) is 26.0 Å². The molecular weight excluding hydrogens is 264 g/mol. The monoisotopic (exact) mass is 290 g/mol. The molecule has 5 heteroatoms. The smallest absolute Gasteiger partial charge is 0.251 e. The number of pyridine rings is 1. The standard InChI is InChI=1S/C16H26N4O/c1-4-17-15-10-13(9-12(3)19-15)16(21)18-11-14-7-6-8-20(14)5-2/h9-10,14H,4-8,11H2,1-3H3,(H,17,19)(H,18,21). The van der Waals surface area contributed by atoms with Crippen molar-refractivity contribution in [1.29, 1.82) is 0 Å². The van der Waals surface area contributed by atoms with Gasteiger partial charge in [0.15, 0.2) is 0 Å². The second kappa shape index (κ2) is 7.41. The molecule has 0 aliphatic carbocycles. The highest BCUT2D eigenvalue weighted by Crippen LogP contribution is 2.16. The Morgan fingerprint density at radius 1 is 1.43 bits per heavy atom. The molecule has 1 amide bonds. The van der Waals surface area contributed by atoms with Crippen LogP contribution in [0.5, 0.6) is 0 Å². The second-order valence-electron chi connectivity index (χ2n) is 5.55. The van der Waals surface area contributed by atoms with Crippen LogP contribution in [0.15, 0.2) is 12.1 Å². The lowest BCUT2D eigenvalue weighted by Crippen LogP contribution is -2.40. The van der Waals surface area contributed by atoms with Crippen LogP contribution in [0.3, 0.4) is 0 Å². The van der Waals surface area contributed by atoms with Gasteiger partial charge in [-0.05, 0) is 51.9 Å². The average molecular weight is 290 g/mol. The van der Waals surface area contributed by atoms with E-state index in [2.05, 4.69) is 27.4 Å². The van der Waals surface area contributed by atoms with Crippen molar-refractivity contribution in [2.75, 3.05) is 31.5 Å². The normalized spacial score (nSPS) is 18.7. The summed E-state index contributed by atoms with van der Waals surface area (Å²) in [5, 5.41) is 6.22. The summed E-state index contributed by atoms with van der Waals surface area (Å²) in [6.45, 7) is 9.83. The first-order chi connectivity index (χ1) is 10.1. The van der Waals surface area contributed by atoms with Gasteiger partial charge in [-0.25, -0.2) is 4.98 Å². The van der Waals surface area contributed by atoms with Gasteiger partial charge in [0.25, 0.3) is 5.91 Å². The number of rotatable bonds is 6. The molecule has 116 valence electrons. The number of hydrogen-bond donors (Lipinski definition) is 2. The first-order valence-corrected chi connectivity index (χ1v) is 7.88. The summed E-state index contributed by atoms with van der Waals surface area (Å²) >= 11 is 0. The van der Waals surface area contributed by atoms with Crippen molar-refractivity contribution in [1.82, 2.24) is 15.2 Å². The van der Waals surface area contributed by atoms with E-state index in [-0.39, 0.29) is 5.91 Å². The highest BCUT2D eigenvalue weighted by Gasteiger charge is 2.23. The molecule has 1 unspecified atom stereocenters. The molecule has 0 spiro atoms. The molecule has 21 heavy (non-hydrogen) atoms. The van der Waals surface area contributed by atoms with Crippen molar-refractivity contribution in [3.63, 3.8) is 0 Å². The average Bonchev–Trinajstić information content (AvgIpc) is 2.92. The second-order valence-corrected chi connectivity index (χ2v) is 5.55. The Balaban J connectivity index is 1.96. The largest absolute Gasteiger partial charge is 0.370 e. The minimum absolute atomic E-state index is 0.0115. The molecule has 2 heterocycles. The predicted octanol–water partition coefficient (Wildman–Crippen LogP) is 2.04. The number of anilines is 1. The number of amides is 1. The number of nitrogens with zero attached hydrogens (tertiary/aromatic N) is 2. The van der Waals surface area contributed by atoms with E-state index >= 15 is 0 Å². The van der Waals surface area contributed by atoms with Crippen LogP contribution in [-0.2, 0) is 0 Å². The van der Waals surface area contributed by atoms with E-state index < -0.39 is 0 Å². The van der Waals surface area contributed by atoms with Gasteiger partial charge >= 0.3 is 0 Å². The van der Waals surface area contributed by atoms with Crippen molar-refractivity contribution in [2.24, 2.45) is 0 Å². The van der Waals surface area contributed by atoms with E-state index in [0.29, 0.717) is 11.6 Å². The number of nitrogens with one attached hydrogen (secondary N) is 2. The summed E-state index contributed by atoms with van der Waals surface area (Å²) in [5.74, 6) is 0.751. The van der Waals surface area contributed by atoms with Crippen molar-refractivity contribution in [3.8, 4) is 0 Å². The fourth-order valence-electron chi connectivity index (χ4n) is 2.93. The molecule has 0 aromatic carbocycles. The quantitative estimate of drug-likeness (QED) is 0.842. The van der Waals surface area contributed by atoms with E-state index in [9.17, 15) is 4.79 Å². The molecule has 1 aliphatic heterocycles. The molecular formula is C16H26N4O. The minimum atomic E-state index is -0.0115. The maximum absolute atomic E-state index is 12.3. The molecule has 5 nitrogen and oxygen atoms in total. The predicted molar refractivity (Wildman–Crippen MR) is 85.7 cm³/mol. The van der Waals surface area contributed by atoms with E-state index in [1.54, 1.807) is 0 Å². The molecule has 1 aromatic rings. The molecule has 1 saturated heterocycles. The molecule has 2 N–H and O–H groups in total. The van der Waals surface area contributed by atoms with E-state index in [1.165, 1.54) is 12.8 Å². The van der Waals surface area contributed by atoms with Gasteiger partial charge in [-0.15, -0.1) is 0 Å². The van der Waals surface area contributed by atoms with Gasteiger partial charge in [0.2, 0.25) is 0 Å². The number of carbonyl (C=O) groups excluding carboxylic acids is 1. The van der Waals surface area contributed by atoms with Gasteiger partial charge in [0.1, 0.15) is 5.82 Å². The summed E-state index contributed by atoms with van der Waals surface area (Å²) in [6.07, 6.45) is 2.40. The Kier molecular flexibility index (Phi) is 5.56.